The Bertz CT molecular complexity index is 7260. The fourth-order valence-corrected chi connectivity index (χ4v) is 18.8. The van der Waals surface area contributed by atoms with Gasteiger partial charge in [0.15, 0.2) is 28.2 Å². The number of sulfone groups is 1. The van der Waals surface area contributed by atoms with Crippen LogP contribution in [0.1, 0.15) is 116 Å². The third-order valence-corrected chi connectivity index (χ3v) is 27.0. The summed E-state index contributed by atoms with van der Waals surface area (Å²) < 4.78 is 62.2. The van der Waals surface area contributed by atoms with Gasteiger partial charge in [-0.2, -0.15) is 24.9 Å². The van der Waals surface area contributed by atoms with Crippen LogP contribution in [0.15, 0.2) is 152 Å². The lowest BCUT2D eigenvalue weighted by molar-refractivity contribution is -0.384. The fraction of sp³-hybridized carbons (Fsp3) is 0.402. The predicted molar refractivity (Wildman–Crippen MR) is 542 cm³/mol. The zero-order valence-corrected chi connectivity index (χ0v) is 81.6. The van der Waals surface area contributed by atoms with Gasteiger partial charge in [-0.1, -0.05) is 70.0 Å². The van der Waals surface area contributed by atoms with Crippen LogP contribution in [0.4, 0.5) is 52.9 Å². The molecule has 6 aliphatic rings. The molecule has 1 saturated carbocycles. The number of phenolic OH excluding ortho intramolecular Hbond substituents is 2. The summed E-state index contributed by atoms with van der Waals surface area (Å²) in [6.45, 7) is 26.5. The van der Waals surface area contributed by atoms with E-state index in [1.807, 2.05) is 76.9 Å². The molecule has 740 valence electrons. The minimum absolute atomic E-state index is 0.0262. The van der Waals surface area contributed by atoms with E-state index < -0.39 is 14.8 Å². The molecule has 5 saturated heterocycles. The number of hydrogen-bond acceptors (Lipinski definition) is 37. The molecule has 8 N–H and O–H groups in total. The number of pyridine rings is 3. The molecule has 0 radical (unpaired) electrons. The first kappa shape index (κ1) is 97.5. The van der Waals surface area contributed by atoms with Crippen LogP contribution in [-0.2, 0) is 40.1 Å². The summed E-state index contributed by atoms with van der Waals surface area (Å²) >= 11 is 6.47. The lowest BCUT2D eigenvalue weighted by Gasteiger charge is -2.27. The highest BCUT2D eigenvalue weighted by Gasteiger charge is 2.33. The van der Waals surface area contributed by atoms with Crippen molar-refractivity contribution in [2.75, 3.05) is 179 Å². The number of aromatic nitrogens is 23. The van der Waals surface area contributed by atoms with Gasteiger partial charge in [0.25, 0.3) is 5.69 Å². The van der Waals surface area contributed by atoms with Gasteiger partial charge in [-0.05, 0) is 131 Å². The summed E-state index contributed by atoms with van der Waals surface area (Å²) in [5, 5.41) is 31.4. The van der Waals surface area contributed by atoms with Gasteiger partial charge in [0, 0.05) is 154 Å². The lowest BCUT2D eigenvalue weighted by atomic mass is 10.1. The van der Waals surface area contributed by atoms with E-state index in [1.54, 1.807) is 96.2 Å². The molecule has 6 fully saturated rings. The number of aromatic hydroxyl groups is 2. The van der Waals surface area contributed by atoms with Crippen LogP contribution in [-0.4, -0.2) is 274 Å². The van der Waals surface area contributed by atoms with E-state index in [2.05, 4.69) is 96.3 Å². The second-order valence-corrected chi connectivity index (χ2v) is 37.6. The molecular weight excluding hydrogens is 1860 g/mol. The molecule has 3 atom stereocenters. The maximum absolute atomic E-state index is 12.5. The number of nitrogens with zero attached hydrogens (tertiary/aromatic N) is 29. The molecular formula is C97H113ClN32O11S. The average Bonchev–Trinajstić information content (AvgIpc) is 1.48. The summed E-state index contributed by atoms with van der Waals surface area (Å²) in [7, 11) is -3.59. The Hall–Kier alpha value is -14.7. The molecule has 3 aromatic carbocycles. The molecule has 0 amide bonds. The molecule has 43 nitrogen and oxygen atoms in total. The molecule has 13 aromatic heterocycles. The van der Waals surface area contributed by atoms with Crippen molar-refractivity contribution >= 4 is 130 Å². The zero-order valence-electron chi connectivity index (χ0n) is 80.0. The van der Waals surface area contributed by atoms with E-state index in [1.165, 1.54) is 31.7 Å². The highest BCUT2D eigenvalue weighted by Crippen LogP contribution is 2.41. The van der Waals surface area contributed by atoms with Gasteiger partial charge in [0.1, 0.15) is 85.0 Å². The summed E-state index contributed by atoms with van der Waals surface area (Å²) in [5.41, 5.74) is 32.3. The Kier molecular flexibility index (Phi) is 29.9. The molecule has 3 unspecified atom stereocenters. The molecule has 5 aliphatic heterocycles. The molecule has 22 rings (SSSR count). The summed E-state index contributed by atoms with van der Waals surface area (Å²) in [6, 6.07) is 32.1. The minimum atomic E-state index is -3.59. The van der Waals surface area contributed by atoms with Gasteiger partial charge in [-0.25, -0.2) is 73.2 Å². The lowest BCUT2D eigenvalue weighted by Crippen LogP contribution is -2.37. The third kappa shape index (κ3) is 21.6. The molecule has 142 heavy (non-hydrogen) atoms. The first-order valence-electron chi connectivity index (χ1n) is 47.7. The number of phenols is 2. The number of non-ortho nitro benzene ring substituents is 1. The van der Waals surface area contributed by atoms with E-state index >= 15 is 0 Å². The predicted octanol–water partition coefficient (Wildman–Crippen LogP) is 13.0. The van der Waals surface area contributed by atoms with Crippen LogP contribution in [0.3, 0.4) is 0 Å². The monoisotopic (exact) mass is 1970 g/mol. The van der Waals surface area contributed by atoms with Crippen molar-refractivity contribution in [3.8, 4) is 67.8 Å². The molecule has 18 heterocycles. The number of nitro benzene ring substituents is 1. The first-order chi connectivity index (χ1) is 68.9. The number of nitro groups is 1. The maximum Gasteiger partial charge on any atom is 0.269 e. The minimum Gasteiger partial charge on any atom is -0.508 e. The van der Waals surface area contributed by atoms with Crippen molar-refractivity contribution in [1.82, 2.24) is 113 Å². The Morgan fingerprint density at radius 2 is 0.796 bits per heavy atom. The van der Waals surface area contributed by atoms with Crippen molar-refractivity contribution in [2.24, 2.45) is 0 Å². The molecule has 0 spiro atoms. The number of halogens is 1. The number of hydrogen-bond donors (Lipinski definition) is 5. The fourth-order valence-electron chi connectivity index (χ4n) is 17.6. The van der Waals surface area contributed by atoms with Crippen LogP contribution in [0, 0.1) is 10.1 Å². The van der Waals surface area contributed by atoms with E-state index in [9.17, 15) is 28.7 Å². The topological polar surface area (TPSA) is 515 Å². The normalized spacial score (nSPS) is 16.1. The smallest absolute Gasteiger partial charge is 0.269 e. The van der Waals surface area contributed by atoms with Crippen molar-refractivity contribution in [3.05, 3.63) is 168 Å². The van der Waals surface area contributed by atoms with Gasteiger partial charge in [-0.3, -0.25) is 19.2 Å². The quantitative estimate of drug-likeness (QED) is 0.0253. The molecule has 16 aromatic rings. The number of morpholine rings is 5. The van der Waals surface area contributed by atoms with Crippen LogP contribution in [0.25, 0.3) is 112 Å². The Morgan fingerprint density at radius 3 is 1.21 bits per heavy atom. The van der Waals surface area contributed by atoms with Crippen LogP contribution in [0.2, 0.25) is 5.28 Å². The second kappa shape index (κ2) is 43.6. The standard InChI is InChI=1S/C21H20N8O3.C20H25N5O4S.C19H22ClN5O2.C19H23N7O.C18H23N7O/c22-17-5-4-15(11-23-17)18-19-20(26-21(25-18)27-6-8-32-9-7-27)28(13-24-19)12-14-2-1-3-16(10-14)29(30)31;1-4-13(2)25-18-17(22-20(25)30(3,27)28)16(14-6-5-7-15(26)12-14)21-19(23-18)24-8-10-29-11-9-24;1-3-12(2)25-17-16(21-18(25)20)15(13-5-4-6-14(26)11-13)22-19(23-17)24-7-9-27-10-8-24;20-15-6-5-13(11-21-15)16-17-18(26(12-22-17)14-3-1-2-4-14)24-19(23-16)25-7-9-27-10-8-25;1-3-12(2)25-11-21-16-15(13-4-5-14(19)20-10-13)22-18(23-17(16)25)24-6-8-26-9-7-24/h1-5,10-11,13H,6-9,12H2,(H2,22,23);5-7,12-13,26H,4,8-11H2,1-3H3;4-6,11-12,26H,3,7-10H2,1-2H3;5-6,11-12,14H,1-4,7-10H2,(H2,20,21);4-5,10-12H,3,6-9H2,1-2H3,(H2,19,20). The molecule has 45 heteroatoms. The maximum atomic E-state index is 12.5. The zero-order chi connectivity index (χ0) is 98.8. The highest BCUT2D eigenvalue weighted by molar-refractivity contribution is 7.90. The van der Waals surface area contributed by atoms with Gasteiger partial charge in [-0.15, -0.1) is 0 Å². The molecule has 1 aliphatic carbocycles. The summed E-state index contributed by atoms with van der Waals surface area (Å²) in [6.07, 6.45) is 19.3. The third-order valence-electron chi connectivity index (χ3n) is 25.8. The van der Waals surface area contributed by atoms with E-state index in [-0.39, 0.29) is 34.4 Å². The largest absolute Gasteiger partial charge is 0.508 e. The van der Waals surface area contributed by atoms with Gasteiger partial charge in [0.05, 0.1) is 96.5 Å². The van der Waals surface area contributed by atoms with Gasteiger partial charge >= 0.3 is 0 Å². The molecule has 0 bridgehead atoms. The number of ether oxygens (including phenoxy) is 5. The number of fused-ring (bicyclic) bond motifs is 5. The van der Waals surface area contributed by atoms with Crippen LogP contribution < -0.4 is 41.7 Å². The average molecular weight is 1970 g/mol. The number of nitrogens with two attached hydrogens (primary N) is 3. The number of nitrogen functional groups attached to an aromatic ring is 3. The van der Waals surface area contributed by atoms with E-state index in [4.69, 9.17) is 102 Å². The van der Waals surface area contributed by atoms with Gasteiger partial charge in [0.2, 0.25) is 50.0 Å². The van der Waals surface area contributed by atoms with Crippen molar-refractivity contribution in [3.63, 3.8) is 0 Å². The number of benzene rings is 3. The van der Waals surface area contributed by atoms with Crippen molar-refractivity contribution in [1.29, 1.82) is 0 Å². The SMILES string of the molecule is CCC(C)n1c(Cl)nc2c(-c3cccc(O)c3)nc(N3CCOCC3)nc21.CCC(C)n1c(S(C)(=O)=O)nc2c(-c3cccc(O)c3)nc(N3CCOCC3)nc21.CCC(C)n1cnc2c(-c3ccc(N)nc3)nc(N3CCOCC3)nc21.Nc1ccc(-c2nc(N3CCOCC3)nc3c2ncn3C2CCCC2)cn1.Nc1ccc(-c2nc(N3CCOCC3)nc3c2ncn3Cc2cccc([N+](=O)[O-])c2)cn1. The Labute approximate surface area is 822 Å². The summed E-state index contributed by atoms with van der Waals surface area (Å²) in [4.78, 5) is 105. The van der Waals surface area contributed by atoms with Crippen molar-refractivity contribution in [2.45, 2.75) is 122 Å². The van der Waals surface area contributed by atoms with Crippen molar-refractivity contribution < 1.29 is 47.2 Å². The van der Waals surface area contributed by atoms with Crippen LogP contribution in [0.5, 0.6) is 11.5 Å². The first-order valence-corrected chi connectivity index (χ1v) is 50.0. The van der Waals surface area contributed by atoms with E-state index in [0.29, 0.717) is 220 Å². The number of anilines is 8. The Balaban J connectivity index is 0.000000117. The Morgan fingerprint density at radius 1 is 0.423 bits per heavy atom. The van der Waals surface area contributed by atoms with E-state index in [0.717, 1.165) is 126 Å². The highest BCUT2D eigenvalue weighted by atomic mass is 35.5. The number of rotatable bonds is 21. The summed E-state index contributed by atoms with van der Waals surface area (Å²) in [5.74, 6) is 4.81. The second-order valence-electron chi connectivity index (χ2n) is 35.3. The van der Waals surface area contributed by atoms with Gasteiger partial charge < -0.3 is 89.3 Å². The van der Waals surface area contributed by atoms with Crippen LogP contribution >= 0.6 is 11.6 Å². The number of imidazole rings is 5.